The van der Waals surface area contributed by atoms with E-state index in [4.69, 9.17) is 4.42 Å². The maximum Gasteiger partial charge on any atom is 0.105 e. The average Bonchev–Trinajstić information content (AvgIpc) is 2.80. The second-order valence-corrected chi connectivity index (χ2v) is 5.97. The minimum atomic E-state index is -0.406. The first kappa shape index (κ1) is 15.8. The molecule has 1 aromatic carbocycles. The van der Waals surface area contributed by atoms with Gasteiger partial charge < -0.3 is 14.4 Å². The van der Waals surface area contributed by atoms with Crippen molar-refractivity contribution in [3.8, 4) is 0 Å². The Morgan fingerprint density at radius 1 is 1.14 bits per heavy atom. The summed E-state index contributed by atoms with van der Waals surface area (Å²) in [6.07, 6.45) is 2.05. The molecule has 1 N–H and O–H groups in total. The molecular formula is C18H25NO2. The number of aryl methyl sites for hydroxylation is 3. The molecule has 0 aliphatic heterocycles. The van der Waals surface area contributed by atoms with Crippen LogP contribution in [-0.2, 0) is 6.54 Å². The minimum Gasteiger partial charge on any atom is -0.469 e. The van der Waals surface area contributed by atoms with Gasteiger partial charge in [0.05, 0.1) is 12.4 Å². The van der Waals surface area contributed by atoms with Crippen molar-refractivity contribution >= 4 is 0 Å². The van der Waals surface area contributed by atoms with Gasteiger partial charge in [0.2, 0.25) is 0 Å². The molecule has 1 heterocycles. The van der Waals surface area contributed by atoms with Gasteiger partial charge in [-0.05, 0) is 45.9 Å². The van der Waals surface area contributed by atoms with Crippen LogP contribution in [0, 0.1) is 20.8 Å². The van der Waals surface area contributed by atoms with E-state index >= 15 is 0 Å². The summed E-state index contributed by atoms with van der Waals surface area (Å²) in [5, 5.41) is 10.4. The number of aliphatic hydroxyl groups excluding tert-OH is 1. The normalized spacial score (nSPS) is 12.9. The van der Waals surface area contributed by atoms with Crippen molar-refractivity contribution in [2.24, 2.45) is 0 Å². The molecule has 114 valence electrons. The quantitative estimate of drug-likeness (QED) is 0.879. The Hall–Kier alpha value is -1.58. The van der Waals surface area contributed by atoms with Crippen LogP contribution in [0.2, 0.25) is 0 Å². The van der Waals surface area contributed by atoms with Crippen LogP contribution in [0.25, 0.3) is 0 Å². The maximum atomic E-state index is 10.4. The Bertz CT molecular complexity index is 568. The molecule has 0 aliphatic carbocycles. The molecule has 0 saturated heterocycles. The molecule has 2 aromatic rings. The number of furan rings is 1. The van der Waals surface area contributed by atoms with E-state index in [1.165, 1.54) is 16.7 Å². The molecule has 0 amide bonds. The molecule has 0 fully saturated rings. The Balaban J connectivity index is 1.88. The lowest BCUT2D eigenvalue weighted by Crippen LogP contribution is -2.21. The summed E-state index contributed by atoms with van der Waals surface area (Å²) >= 11 is 0. The number of hydrogen-bond acceptors (Lipinski definition) is 3. The van der Waals surface area contributed by atoms with Crippen LogP contribution in [0.4, 0.5) is 0 Å². The number of nitrogens with zero attached hydrogens (tertiary/aromatic N) is 1. The molecule has 0 radical (unpaired) electrons. The van der Waals surface area contributed by atoms with Gasteiger partial charge in [-0.3, -0.25) is 0 Å². The standard InChI is InChI=1S/C18H25NO2/c1-13-9-14(2)11-17(10-13)18(20)5-7-19(4)12-16-6-8-21-15(16)3/h6,8-11,18,20H,5,7,12H2,1-4H3. The Kier molecular flexibility index (Phi) is 5.21. The third kappa shape index (κ3) is 4.45. The van der Waals surface area contributed by atoms with Crippen molar-refractivity contribution in [2.75, 3.05) is 13.6 Å². The first-order valence-corrected chi connectivity index (χ1v) is 7.43. The largest absolute Gasteiger partial charge is 0.469 e. The second kappa shape index (κ2) is 6.92. The highest BCUT2D eigenvalue weighted by atomic mass is 16.3. The van der Waals surface area contributed by atoms with E-state index in [2.05, 4.69) is 44.0 Å². The van der Waals surface area contributed by atoms with Crippen molar-refractivity contribution in [1.29, 1.82) is 0 Å². The van der Waals surface area contributed by atoms with Crippen LogP contribution < -0.4 is 0 Å². The van der Waals surface area contributed by atoms with Crippen LogP contribution in [-0.4, -0.2) is 23.6 Å². The molecule has 1 aromatic heterocycles. The van der Waals surface area contributed by atoms with Crippen LogP contribution in [0.15, 0.2) is 34.9 Å². The van der Waals surface area contributed by atoms with E-state index in [1.54, 1.807) is 6.26 Å². The number of aliphatic hydroxyl groups is 1. The van der Waals surface area contributed by atoms with Gasteiger partial charge in [0.25, 0.3) is 0 Å². The van der Waals surface area contributed by atoms with Gasteiger partial charge >= 0.3 is 0 Å². The zero-order chi connectivity index (χ0) is 15.4. The first-order valence-electron chi connectivity index (χ1n) is 7.43. The summed E-state index contributed by atoms with van der Waals surface area (Å²) in [7, 11) is 2.07. The summed E-state index contributed by atoms with van der Waals surface area (Å²) in [4.78, 5) is 2.21. The molecule has 0 bridgehead atoms. The number of rotatable bonds is 6. The van der Waals surface area contributed by atoms with Crippen LogP contribution in [0.1, 0.15) is 40.5 Å². The predicted octanol–water partition coefficient (Wildman–Crippen LogP) is 3.76. The van der Waals surface area contributed by atoms with Crippen LogP contribution >= 0.6 is 0 Å². The predicted molar refractivity (Wildman–Crippen MR) is 85.3 cm³/mol. The van der Waals surface area contributed by atoms with Gasteiger partial charge in [0.1, 0.15) is 5.76 Å². The van der Waals surface area contributed by atoms with Gasteiger partial charge in [-0.1, -0.05) is 29.3 Å². The second-order valence-electron chi connectivity index (χ2n) is 5.97. The van der Waals surface area contributed by atoms with E-state index in [0.29, 0.717) is 0 Å². The fourth-order valence-electron chi connectivity index (χ4n) is 2.66. The van der Waals surface area contributed by atoms with Crippen molar-refractivity contribution in [1.82, 2.24) is 4.90 Å². The zero-order valence-corrected chi connectivity index (χ0v) is 13.4. The monoisotopic (exact) mass is 287 g/mol. The number of benzene rings is 1. The molecular weight excluding hydrogens is 262 g/mol. The molecule has 3 nitrogen and oxygen atoms in total. The minimum absolute atomic E-state index is 0.406. The summed E-state index contributed by atoms with van der Waals surface area (Å²) in [6, 6.07) is 8.27. The lowest BCUT2D eigenvalue weighted by molar-refractivity contribution is 0.147. The molecule has 0 saturated carbocycles. The Morgan fingerprint density at radius 3 is 2.38 bits per heavy atom. The third-order valence-corrected chi connectivity index (χ3v) is 3.82. The topological polar surface area (TPSA) is 36.6 Å². The van der Waals surface area contributed by atoms with Gasteiger partial charge in [0, 0.05) is 18.7 Å². The molecule has 3 heteroatoms. The fourth-order valence-corrected chi connectivity index (χ4v) is 2.66. The maximum absolute atomic E-state index is 10.4. The summed E-state index contributed by atoms with van der Waals surface area (Å²) in [6.45, 7) is 7.81. The van der Waals surface area contributed by atoms with Gasteiger partial charge in [0.15, 0.2) is 0 Å². The van der Waals surface area contributed by atoms with E-state index in [0.717, 1.165) is 30.8 Å². The smallest absolute Gasteiger partial charge is 0.105 e. The van der Waals surface area contributed by atoms with E-state index in [1.807, 2.05) is 13.0 Å². The Morgan fingerprint density at radius 2 is 1.81 bits per heavy atom. The van der Waals surface area contributed by atoms with Gasteiger partial charge in [-0.25, -0.2) is 0 Å². The van der Waals surface area contributed by atoms with E-state index in [-0.39, 0.29) is 0 Å². The first-order chi connectivity index (χ1) is 9.95. The van der Waals surface area contributed by atoms with Crippen molar-refractivity contribution in [3.05, 3.63) is 58.5 Å². The average molecular weight is 287 g/mol. The zero-order valence-electron chi connectivity index (χ0n) is 13.4. The third-order valence-electron chi connectivity index (χ3n) is 3.82. The van der Waals surface area contributed by atoms with Crippen LogP contribution in [0.5, 0.6) is 0 Å². The highest BCUT2D eigenvalue weighted by Crippen LogP contribution is 2.20. The molecule has 0 aliphatic rings. The van der Waals surface area contributed by atoms with Crippen molar-refractivity contribution < 1.29 is 9.52 Å². The van der Waals surface area contributed by atoms with Crippen molar-refractivity contribution in [3.63, 3.8) is 0 Å². The molecule has 1 atom stereocenters. The molecule has 1 unspecified atom stereocenters. The SMILES string of the molecule is Cc1cc(C)cc(C(O)CCN(C)Cc2ccoc2C)c1. The summed E-state index contributed by atoms with van der Waals surface area (Å²) < 4.78 is 5.31. The van der Waals surface area contributed by atoms with Gasteiger partial charge in [-0.2, -0.15) is 0 Å². The lowest BCUT2D eigenvalue weighted by atomic mass is 10.0. The Labute approximate surface area is 127 Å². The summed E-state index contributed by atoms with van der Waals surface area (Å²) in [5.74, 6) is 0.969. The van der Waals surface area contributed by atoms with Crippen LogP contribution in [0.3, 0.4) is 0 Å². The number of hydrogen-bond donors (Lipinski definition) is 1. The van der Waals surface area contributed by atoms with E-state index in [9.17, 15) is 5.11 Å². The molecule has 21 heavy (non-hydrogen) atoms. The summed E-state index contributed by atoms with van der Waals surface area (Å²) in [5.41, 5.74) is 4.62. The highest BCUT2D eigenvalue weighted by molar-refractivity contribution is 5.29. The van der Waals surface area contributed by atoms with Crippen molar-refractivity contribution in [2.45, 2.75) is 39.8 Å². The van der Waals surface area contributed by atoms with E-state index < -0.39 is 6.10 Å². The molecule has 0 spiro atoms. The lowest BCUT2D eigenvalue weighted by Gasteiger charge is -2.19. The fraction of sp³-hybridized carbons (Fsp3) is 0.444. The highest BCUT2D eigenvalue weighted by Gasteiger charge is 2.11. The van der Waals surface area contributed by atoms with Gasteiger partial charge in [-0.15, -0.1) is 0 Å². The molecule has 2 rings (SSSR count).